The van der Waals surface area contributed by atoms with E-state index in [1.165, 1.54) is 0 Å². The van der Waals surface area contributed by atoms with E-state index in [4.69, 9.17) is 5.73 Å². The summed E-state index contributed by atoms with van der Waals surface area (Å²) >= 11 is 0. The van der Waals surface area contributed by atoms with Gasteiger partial charge in [0, 0.05) is 25.0 Å². The van der Waals surface area contributed by atoms with Crippen molar-refractivity contribution in [3.05, 3.63) is 35.9 Å². The van der Waals surface area contributed by atoms with Crippen LogP contribution in [-0.4, -0.2) is 49.9 Å². The number of carbonyl (C=O) groups is 1. The number of likely N-dealkylation sites (tertiary alicyclic amines) is 1. The Bertz CT molecular complexity index is 586. The monoisotopic (exact) mass is 310 g/mol. The van der Waals surface area contributed by atoms with Gasteiger partial charge in [-0.05, 0) is 12.0 Å². The van der Waals surface area contributed by atoms with Gasteiger partial charge in [-0.2, -0.15) is 0 Å². The summed E-state index contributed by atoms with van der Waals surface area (Å²) in [6.45, 7) is 2.70. The van der Waals surface area contributed by atoms with Crippen LogP contribution in [-0.2, 0) is 14.6 Å². The van der Waals surface area contributed by atoms with Crippen molar-refractivity contribution in [3.8, 4) is 0 Å². The molecule has 2 N–H and O–H groups in total. The van der Waals surface area contributed by atoms with Gasteiger partial charge in [0.25, 0.3) is 0 Å². The molecule has 0 aliphatic carbocycles. The molecule has 1 aromatic rings. The lowest BCUT2D eigenvalue weighted by Gasteiger charge is -2.16. The first-order chi connectivity index (χ1) is 9.93. The molecule has 0 radical (unpaired) electrons. The van der Waals surface area contributed by atoms with E-state index in [2.05, 4.69) is 0 Å². The van der Waals surface area contributed by atoms with Crippen LogP contribution in [0.25, 0.3) is 0 Å². The lowest BCUT2D eigenvalue weighted by Crippen LogP contribution is -2.36. The minimum absolute atomic E-state index is 0.0563. The van der Waals surface area contributed by atoms with Crippen LogP contribution in [0.5, 0.6) is 0 Å². The Morgan fingerprint density at radius 3 is 2.57 bits per heavy atom. The zero-order valence-corrected chi connectivity index (χ0v) is 13.1. The number of amides is 1. The molecule has 1 amide bonds. The van der Waals surface area contributed by atoms with Crippen LogP contribution in [0, 0.1) is 0 Å². The summed E-state index contributed by atoms with van der Waals surface area (Å²) in [6.07, 6.45) is 0.530. The van der Waals surface area contributed by atoms with E-state index in [-0.39, 0.29) is 23.6 Å². The summed E-state index contributed by atoms with van der Waals surface area (Å²) in [5.74, 6) is -0.614. The fraction of sp³-hybridized carbons (Fsp3) is 0.533. The third-order valence-corrected chi connectivity index (χ3v) is 5.52. The van der Waals surface area contributed by atoms with Crippen molar-refractivity contribution in [3.63, 3.8) is 0 Å². The highest BCUT2D eigenvalue weighted by atomic mass is 32.2. The molecule has 0 spiro atoms. The molecule has 1 heterocycles. The number of nitrogens with two attached hydrogens (primary N) is 1. The van der Waals surface area contributed by atoms with Crippen LogP contribution in [0.1, 0.15) is 24.8 Å². The van der Waals surface area contributed by atoms with Crippen LogP contribution >= 0.6 is 0 Å². The molecule has 116 valence electrons. The van der Waals surface area contributed by atoms with Gasteiger partial charge in [-0.1, -0.05) is 37.3 Å². The number of hydrogen-bond donors (Lipinski definition) is 1. The number of sulfone groups is 1. The van der Waals surface area contributed by atoms with Gasteiger partial charge < -0.3 is 10.6 Å². The zero-order chi connectivity index (χ0) is 15.5. The van der Waals surface area contributed by atoms with Gasteiger partial charge in [0.15, 0.2) is 9.84 Å². The molecule has 1 aliphatic rings. The zero-order valence-electron chi connectivity index (χ0n) is 12.2. The van der Waals surface area contributed by atoms with E-state index in [0.29, 0.717) is 19.5 Å². The minimum Gasteiger partial charge on any atom is -0.340 e. The Kier molecular flexibility index (Phi) is 5.00. The van der Waals surface area contributed by atoms with Crippen LogP contribution in [0.4, 0.5) is 0 Å². The standard InChI is InChI=1S/C15H22N2O3S/c1-2-8-21(19,20)11-15(18)17-9-13(14(16)10-17)12-6-4-3-5-7-12/h3-7,13-14H,2,8-11,16H2,1H3/t13-,14+/m0/s1. The quantitative estimate of drug-likeness (QED) is 0.871. The first-order valence-corrected chi connectivity index (χ1v) is 9.04. The Hall–Kier alpha value is -1.40. The highest BCUT2D eigenvalue weighted by molar-refractivity contribution is 7.92. The van der Waals surface area contributed by atoms with Crippen molar-refractivity contribution in [2.75, 3.05) is 24.6 Å². The van der Waals surface area contributed by atoms with Crippen molar-refractivity contribution < 1.29 is 13.2 Å². The predicted octanol–water partition coefficient (Wildman–Crippen LogP) is 0.765. The van der Waals surface area contributed by atoms with Crippen LogP contribution in [0.3, 0.4) is 0 Å². The van der Waals surface area contributed by atoms with Gasteiger partial charge in [0.1, 0.15) is 5.75 Å². The normalized spacial score (nSPS) is 22.5. The van der Waals surface area contributed by atoms with E-state index in [0.717, 1.165) is 5.56 Å². The molecule has 0 bridgehead atoms. The van der Waals surface area contributed by atoms with Gasteiger partial charge in [0.2, 0.25) is 5.91 Å². The smallest absolute Gasteiger partial charge is 0.237 e. The van der Waals surface area contributed by atoms with Crippen LogP contribution in [0.2, 0.25) is 0 Å². The Labute approximate surface area is 126 Å². The SMILES string of the molecule is CCCS(=O)(=O)CC(=O)N1C[C@@H](N)[C@H](c2ccccc2)C1. The maximum Gasteiger partial charge on any atom is 0.237 e. The molecule has 5 nitrogen and oxygen atoms in total. The second-order valence-corrected chi connectivity index (χ2v) is 7.76. The maximum atomic E-state index is 12.1. The van der Waals surface area contributed by atoms with E-state index in [9.17, 15) is 13.2 Å². The molecule has 1 fully saturated rings. The lowest BCUT2D eigenvalue weighted by molar-refractivity contribution is -0.127. The van der Waals surface area contributed by atoms with Crippen molar-refractivity contribution in [2.24, 2.45) is 5.73 Å². The van der Waals surface area contributed by atoms with Crippen molar-refractivity contribution >= 4 is 15.7 Å². The molecule has 0 aromatic heterocycles. The van der Waals surface area contributed by atoms with Crippen molar-refractivity contribution in [1.29, 1.82) is 0 Å². The number of carbonyl (C=O) groups excluding carboxylic acids is 1. The van der Waals surface area contributed by atoms with E-state index < -0.39 is 15.6 Å². The average molecular weight is 310 g/mol. The number of benzene rings is 1. The fourth-order valence-corrected chi connectivity index (χ4v) is 4.07. The highest BCUT2D eigenvalue weighted by Crippen LogP contribution is 2.26. The lowest BCUT2D eigenvalue weighted by atomic mass is 9.95. The molecule has 2 atom stereocenters. The van der Waals surface area contributed by atoms with Crippen LogP contribution < -0.4 is 5.73 Å². The second-order valence-electron chi connectivity index (χ2n) is 5.57. The topological polar surface area (TPSA) is 80.5 Å². The average Bonchev–Trinajstić information content (AvgIpc) is 2.81. The second kappa shape index (κ2) is 6.58. The molecular weight excluding hydrogens is 288 g/mol. The van der Waals surface area contributed by atoms with E-state index in [1.807, 2.05) is 30.3 Å². The predicted molar refractivity (Wildman–Crippen MR) is 82.7 cm³/mol. The molecule has 1 aromatic carbocycles. The Balaban J connectivity index is 2.02. The van der Waals surface area contributed by atoms with Crippen molar-refractivity contribution in [2.45, 2.75) is 25.3 Å². The third-order valence-electron chi connectivity index (χ3n) is 3.80. The summed E-state index contributed by atoms with van der Waals surface area (Å²) in [5, 5.41) is 0. The van der Waals surface area contributed by atoms with Gasteiger partial charge >= 0.3 is 0 Å². The molecule has 6 heteroatoms. The Morgan fingerprint density at radius 2 is 1.95 bits per heavy atom. The first-order valence-electron chi connectivity index (χ1n) is 7.21. The van der Waals surface area contributed by atoms with Gasteiger partial charge in [0.05, 0.1) is 5.75 Å². The Morgan fingerprint density at radius 1 is 1.29 bits per heavy atom. The first kappa shape index (κ1) is 16.0. The summed E-state index contributed by atoms with van der Waals surface area (Å²) in [4.78, 5) is 13.7. The molecule has 0 saturated carbocycles. The highest BCUT2D eigenvalue weighted by Gasteiger charge is 2.34. The van der Waals surface area contributed by atoms with E-state index in [1.54, 1.807) is 11.8 Å². The maximum absolute atomic E-state index is 12.1. The third kappa shape index (κ3) is 4.04. The number of rotatable bonds is 5. The summed E-state index contributed by atoms with van der Waals surface area (Å²) in [7, 11) is -3.30. The summed E-state index contributed by atoms with van der Waals surface area (Å²) in [6, 6.07) is 9.66. The summed E-state index contributed by atoms with van der Waals surface area (Å²) in [5.41, 5.74) is 7.21. The summed E-state index contributed by atoms with van der Waals surface area (Å²) < 4.78 is 23.5. The number of nitrogens with zero attached hydrogens (tertiary/aromatic N) is 1. The molecule has 0 unspecified atom stereocenters. The molecule has 1 saturated heterocycles. The molecule has 21 heavy (non-hydrogen) atoms. The largest absolute Gasteiger partial charge is 0.340 e. The van der Waals surface area contributed by atoms with Gasteiger partial charge in [-0.25, -0.2) is 8.42 Å². The minimum atomic E-state index is -3.30. The number of hydrogen-bond acceptors (Lipinski definition) is 4. The van der Waals surface area contributed by atoms with E-state index >= 15 is 0 Å². The van der Waals surface area contributed by atoms with Crippen molar-refractivity contribution in [1.82, 2.24) is 4.90 Å². The van der Waals surface area contributed by atoms with Gasteiger partial charge in [-0.3, -0.25) is 4.79 Å². The molecular formula is C15H22N2O3S. The van der Waals surface area contributed by atoms with Gasteiger partial charge in [-0.15, -0.1) is 0 Å². The molecule has 1 aliphatic heterocycles. The molecule has 2 rings (SSSR count). The van der Waals surface area contributed by atoms with Crippen LogP contribution in [0.15, 0.2) is 30.3 Å². The fourth-order valence-electron chi connectivity index (χ4n) is 2.75.